The number of anilines is 1. The Kier molecular flexibility index (Phi) is 8.45. The van der Waals surface area contributed by atoms with Gasteiger partial charge in [-0.05, 0) is 56.9 Å². The van der Waals surface area contributed by atoms with Crippen LogP contribution in [0.4, 0.5) is 5.69 Å². The van der Waals surface area contributed by atoms with Crippen LogP contribution in [0.2, 0.25) is 0 Å². The van der Waals surface area contributed by atoms with Crippen LogP contribution in [0.25, 0.3) is 0 Å². The van der Waals surface area contributed by atoms with Crippen molar-refractivity contribution in [2.45, 2.75) is 63.9 Å². The van der Waals surface area contributed by atoms with Gasteiger partial charge in [-0.1, -0.05) is 19.3 Å². The van der Waals surface area contributed by atoms with E-state index in [1.807, 2.05) is 6.92 Å². The van der Waals surface area contributed by atoms with Gasteiger partial charge >= 0.3 is 5.97 Å². The fourth-order valence-corrected chi connectivity index (χ4v) is 3.84. The summed E-state index contributed by atoms with van der Waals surface area (Å²) in [5, 5.41) is 23.3. The first-order valence-corrected chi connectivity index (χ1v) is 10.1. The van der Waals surface area contributed by atoms with Gasteiger partial charge in [0.2, 0.25) is 0 Å². The number of nitrogens with zero attached hydrogens (tertiary/aromatic N) is 2. The van der Waals surface area contributed by atoms with Crippen LogP contribution < -0.4 is 5.32 Å². The molecule has 1 N–H and O–H groups in total. The van der Waals surface area contributed by atoms with Crippen molar-refractivity contribution in [3.63, 3.8) is 0 Å². The van der Waals surface area contributed by atoms with Gasteiger partial charge in [0.1, 0.15) is 12.1 Å². The molecule has 2 atom stereocenters. The van der Waals surface area contributed by atoms with Gasteiger partial charge in [0.05, 0.1) is 18.7 Å². The van der Waals surface area contributed by atoms with Crippen molar-refractivity contribution in [3.8, 4) is 12.1 Å². The minimum atomic E-state index is -1.70. The fraction of sp³-hybridized carbons (Fsp3) is 0.591. The summed E-state index contributed by atoms with van der Waals surface area (Å²) in [6.07, 6.45) is 4.40. The predicted molar refractivity (Wildman–Crippen MR) is 108 cm³/mol. The third-order valence-electron chi connectivity index (χ3n) is 5.27. The van der Waals surface area contributed by atoms with E-state index in [0.29, 0.717) is 17.9 Å². The molecule has 2 unspecified atom stereocenters. The minimum absolute atomic E-state index is 0.108. The second-order valence-electron chi connectivity index (χ2n) is 7.19. The number of hydrogen-bond donors (Lipinski definition) is 1. The second-order valence-corrected chi connectivity index (χ2v) is 7.19. The van der Waals surface area contributed by atoms with E-state index < -0.39 is 23.9 Å². The Morgan fingerprint density at radius 3 is 2.34 bits per heavy atom. The average molecular weight is 399 g/mol. The van der Waals surface area contributed by atoms with Gasteiger partial charge in [0, 0.05) is 12.3 Å². The quantitative estimate of drug-likeness (QED) is 0.494. The minimum Gasteiger partial charge on any atom is -0.465 e. The molecule has 0 radical (unpaired) electrons. The number of benzene rings is 1. The molecule has 0 amide bonds. The molecule has 7 nitrogen and oxygen atoms in total. The van der Waals surface area contributed by atoms with Crippen LogP contribution in [-0.2, 0) is 14.2 Å². The number of nitriles is 2. The number of carbonyl (C=O) groups is 1. The zero-order valence-electron chi connectivity index (χ0n) is 17.3. The first-order valence-electron chi connectivity index (χ1n) is 10.1. The molecule has 0 heterocycles. The monoisotopic (exact) mass is 399 g/mol. The van der Waals surface area contributed by atoms with Gasteiger partial charge in [0.15, 0.2) is 6.29 Å². The average Bonchev–Trinajstić information content (AvgIpc) is 2.76. The summed E-state index contributed by atoms with van der Waals surface area (Å²) < 4.78 is 16.0. The van der Waals surface area contributed by atoms with E-state index >= 15 is 0 Å². The molecule has 0 aromatic heterocycles. The maximum atomic E-state index is 11.7. The molecular weight excluding hydrogens is 370 g/mol. The van der Waals surface area contributed by atoms with Crippen molar-refractivity contribution in [2.24, 2.45) is 5.92 Å². The molecule has 0 saturated heterocycles. The SMILES string of the molecule is CCOC(C)OC(C#N)(C#N)C(Nc1ccc(C(=O)OC)cc1)C1CCCCC1. The molecule has 1 aliphatic carbocycles. The normalized spacial score (nSPS) is 16.9. The highest BCUT2D eigenvalue weighted by molar-refractivity contribution is 5.89. The van der Waals surface area contributed by atoms with Gasteiger partial charge in [0.25, 0.3) is 5.60 Å². The number of nitrogens with one attached hydrogen (secondary N) is 1. The van der Waals surface area contributed by atoms with Gasteiger partial charge in [-0.25, -0.2) is 4.79 Å². The molecule has 156 valence electrons. The highest BCUT2D eigenvalue weighted by Gasteiger charge is 2.47. The van der Waals surface area contributed by atoms with E-state index in [4.69, 9.17) is 14.2 Å². The van der Waals surface area contributed by atoms with Gasteiger partial charge < -0.3 is 19.5 Å². The molecule has 0 aliphatic heterocycles. The maximum Gasteiger partial charge on any atom is 0.337 e. The summed E-state index contributed by atoms with van der Waals surface area (Å²) in [6.45, 7) is 3.95. The van der Waals surface area contributed by atoms with Crippen molar-refractivity contribution in [1.29, 1.82) is 10.5 Å². The van der Waals surface area contributed by atoms with E-state index in [-0.39, 0.29) is 5.92 Å². The van der Waals surface area contributed by atoms with E-state index in [0.717, 1.165) is 32.1 Å². The zero-order valence-corrected chi connectivity index (χ0v) is 17.3. The first kappa shape index (κ1) is 22.7. The summed E-state index contributed by atoms with van der Waals surface area (Å²) in [4.78, 5) is 11.7. The largest absolute Gasteiger partial charge is 0.465 e. The molecule has 1 aromatic carbocycles. The van der Waals surface area contributed by atoms with Crippen molar-refractivity contribution in [1.82, 2.24) is 0 Å². The zero-order chi connectivity index (χ0) is 21.3. The molecule has 1 aliphatic rings. The molecule has 1 aromatic rings. The summed E-state index contributed by atoms with van der Waals surface area (Å²) in [5.74, 6) is -0.310. The Balaban J connectivity index is 2.33. The Morgan fingerprint density at radius 2 is 1.83 bits per heavy atom. The Morgan fingerprint density at radius 1 is 1.21 bits per heavy atom. The number of rotatable bonds is 9. The highest BCUT2D eigenvalue weighted by atomic mass is 16.7. The van der Waals surface area contributed by atoms with E-state index in [9.17, 15) is 15.3 Å². The summed E-state index contributed by atoms with van der Waals surface area (Å²) in [7, 11) is 1.33. The second kappa shape index (κ2) is 10.8. The Hall–Kier alpha value is -2.61. The van der Waals surface area contributed by atoms with E-state index in [1.165, 1.54) is 7.11 Å². The number of carbonyl (C=O) groups excluding carboxylic acids is 1. The van der Waals surface area contributed by atoms with Crippen molar-refractivity contribution in [2.75, 3.05) is 19.0 Å². The molecule has 1 fully saturated rings. The lowest BCUT2D eigenvalue weighted by Gasteiger charge is -2.39. The van der Waals surface area contributed by atoms with Crippen molar-refractivity contribution in [3.05, 3.63) is 29.8 Å². The van der Waals surface area contributed by atoms with E-state index in [1.54, 1.807) is 31.2 Å². The van der Waals surface area contributed by atoms with Gasteiger partial charge in [-0.15, -0.1) is 0 Å². The lowest BCUT2D eigenvalue weighted by molar-refractivity contribution is -0.172. The highest BCUT2D eigenvalue weighted by Crippen LogP contribution is 2.35. The molecule has 29 heavy (non-hydrogen) atoms. The standard InChI is InChI=1S/C22H29N3O4/c1-4-28-16(2)29-22(14-23,15-24)20(17-8-6-5-7-9-17)25-19-12-10-18(11-13-19)21(26)27-3/h10-13,16-17,20,25H,4-9H2,1-3H3. The Labute approximate surface area is 172 Å². The molecule has 7 heteroatoms. The lowest BCUT2D eigenvalue weighted by Crippen LogP contribution is -2.53. The number of ether oxygens (including phenoxy) is 3. The first-order chi connectivity index (χ1) is 14.0. The van der Waals surface area contributed by atoms with Crippen LogP contribution in [0.1, 0.15) is 56.3 Å². The fourth-order valence-electron chi connectivity index (χ4n) is 3.84. The van der Waals surface area contributed by atoms with E-state index in [2.05, 4.69) is 17.5 Å². The van der Waals surface area contributed by atoms with Crippen LogP contribution in [0, 0.1) is 28.6 Å². The molecule has 0 bridgehead atoms. The summed E-state index contributed by atoms with van der Waals surface area (Å²) in [6, 6.07) is 10.5. The molecule has 2 rings (SSSR count). The smallest absolute Gasteiger partial charge is 0.337 e. The number of hydrogen-bond acceptors (Lipinski definition) is 7. The third-order valence-corrected chi connectivity index (χ3v) is 5.27. The van der Waals surface area contributed by atoms with Crippen LogP contribution in [-0.4, -0.2) is 37.6 Å². The molecular formula is C22H29N3O4. The molecule has 0 spiro atoms. The van der Waals surface area contributed by atoms with Crippen LogP contribution in [0.15, 0.2) is 24.3 Å². The van der Waals surface area contributed by atoms with Crippen LogP contribution in [0.3, 0.4) is 0 Å². The van der Waals surface area contributed by atoms with Crippen LogP contribution in [0.5, 0.6) is 0 Å². The van der Waals surface area contributed by atoms with Crippen LogP contribution >= 0.6 is 0 Å². The van der Waals surface area contributed by atoms with Crippen molar-refractivity contribution >= 4 is 11.7 Å². The third kappa shape index (κ3) is 5.69. The summed E-state index contributed by atoms with van der Waals surface area (Å²) >= 11 is 0. The topological polar surface area (TPSA) is 104 Å². The maximum absolute atomic E-state index is 11.7. The van der Waals surface area contributed by atoms with Gasteiger partial charge in [-0.3, -0.25) is 0 Å². The predicted octanol–water partition coefficient (Wildman–Crippen LogP) is 4.02. The summed E-state index contributed by atoms with van der Waals surface area (Å²) in [5.41, 5.74) is -0.562. The lowest BCUT2D eigenvalue weighted by atomic mass is 9.77. The number of esters is 1. The van der Waals surface area contributed by atoms with Crippen molar-refractivity contribution < 1.29 is 19.0 Å². The molecule has 1 saturated carbocycles. The Bertz CT molecular complexity index is 731. The van der Waals surface area contributed by atoms with Gasteiger partial charge in [-0.2, -0.15) is 10.5 Å². The number of methoxy groups -OCH3 is 1.